The summed E-state index contributed by atoms with van der Waals surface area (Å²) in [5.74, 6) is -3.28. The first-order valence-electron chi connectivity index (χ1n) is 13.4. The van der Waals surface area contributed by atoms with Gasteiger partial charge in [-0.15, -0.1) is 0 Å². The Kier molecular flexibility index (Phi) is 6.48. The average Bonchev–Trinajstić information content (AvgIpc) is 3.42. The summed E-state index contributed by atoms with van der Waals surface area (Å²) in [5, 5.41) is 0.506. The van der Waals surface area contributed by atoms with Crippen molar-refractivity contribution in [1.82, 2.24) is 9.21 Å². The normalized spacial score (nSPS) is 30.5. The van der Waals surface area contributed by atoms with Crippen molar-refractivity contribution in [2.75, 3.05) is 6.54 Å². The van der Waals surface area contributed by atoms with E-state index < -0.39 is 39.7 Å². The van der Waals surface area contributed by atoms with Gasteiger partial charge < -0.3 is 0 Å². The van der Waals surface area contributed by atoms with Crippen LogP contribution in [0.15, 0.2) is 53.4 Å². The summed E-state index contributed by atoms with van der Waals surface area (Å²) in [6.07, 6.45) is 4.60. The molecule has 38 heavy (non-hydrogen) atoms. The molecular weight excluding hydrogens is 524 g/mol. The summed E-state index contributed by atoms with van der Waals surface area (Å²) in [6.45, 7) is 1.76. The number of Topliss-reactive ketones (excluding diaryl/α,β-unsaturated/α-hetero) is 1. The van der Waals surface area contributed by atoms with Crippen LogP contribution in [0.1, 0.15) is 55.7 Å². The fourth-order valence-electron chi connectivity index (χ4n) is 7.37. The number of amides is 2. The molecule has 2 aliphatic carbocycles. The third-order valence-electron chi connectivity index (χ3n) is 9.10. The van der Waals surface area contributed by atoms with Gasteiger partial charge in [-0.05, 0) is 55.0 Å². The van der Waals surface area contributed by atoms with Crippen LogP contribution in [-0.4, -0.2) is 47.8 Å². The third-order valence-corrected chi connectivity index (χ3v) is 11.4. The first kappa shape index (κ1) is 25.7. The van der Waals surface area contributed by atoms with E-state index in [1.54, 1.807) is 55.5 Å². The van der Waals surface area contributed by atoms with E-state index in [9.17, 15) is 22.8 Å². The number of carbonyl (C=O) groups is 3. The Morgan fingerprint density at radius 3 is 2.24 bits per heavy atom. The van der Waals surface area contributed by atoms with Crippen molar-refractivity contribution < 1.29 is 22.8 Å². The van der Waals surface area contributed by atoms with Crippen molar-refractivity contribution in [3.63, 3.8) is 0 Å². The molecule has 4 aliphatic rings. The molecule has 200 valence electrons. The number of nitrogens with zero attached hydrogens (tertiary/aromatic N) is 2. The number of fused-ring (bicyclic) bond motifs is 3. The van der Waals surface area contributed by atoms with Gasteiger partial charge in [-0.3, -0.25) is 19.3 Å². The molecule has 4 fully saturated rings. The number of likely N-dealkylation sites (tertiary alicyclic amines) is 1. The summed E-state index contributed by atoms with van der Waals surface area (Å²) >= 11 is 6.14. The van der Waals surface area contributed by atoms with E-state index in [-0.39, 0.29) is 41.5 Å². The van der Waals surface area contributed by atoms with Crippen LogP contribution in [0.4, 0.5) is 0 Å². The Balaban J connectivity index is 1.44. The van der Waals surface area contributed by atoms with Gasteiger partial charge >= 0.3 is 0 Å². The third kappa shape index (κ3) is 3.95. The minimum Gasteiger partial charge on any atom is -0.299 e. The van der Waals surface area contributed by atoms with Crippen LogP contribution in [0.3, 0.4) is 0 Å². The lowest BCUT2D eigenvalue weighted by Gasteiger charge is -2.34. The molecule has 0 aromatic heterocycles. The number of hydrogen-bond donors (Lipinski definition) is 0. The molecule has 0 spiro atoms. The van der Waals surface area contributed by atoms with Crippen molar-refractivity contribution in [1.29, 1.82) is 0 Å². The van der Waals surface area contributed by atoms with Crippen LogP contribution in [0.2, 0.25) is 5.02 Å². The monoisotopic (exact) mass is 554 g/mol. The lowest BCUT2D eigenvalue weighted by atomic mass is 9.66. The van der Waals surface area contributed by atoms with Crippen LogP contribution in [0, 0.1) is 30.6 Å². The molecule has 0 bridgehead atoms. The van der Waals surface area contributed by atoms with Gasteiger partial charge in [-0.2, -0.15) is 4.31 Å². The van der Waals surface area contributed by atoms with Crippen molar-refractivity contribution in [2.45, 2.75) is 62.4 Å². The van der Waals surface area contributed by atoms with Gasteiger partial charge in [-0.25, -0.2) is 8.42 Å². The molecular formula is C29H31ClN2O5S. The second-order valence-electron chi connectivity index (χ2n) is 11.2. The Bertz CT molecular complexity index is 1400. The lowest BCUT2D eigenvalue weighted by Crippen LogP contribution is -2.43. The molecule has 0 N–H and O–H groups in total. The van der Waals surface area contributed by atoms with E-state index >= 15 is 0 Å². The number of hydrogen-bond acceptors (Lipinski definition) is 5. The predicted molar refractivity (Wildman–Crippen MR) is 142 cm³/mol. The van der Waals surface area contributed by atoms with Crippen molar-refractivity contribution in [2.24, 2.45) is 23.7 Å². The molecule has 2 aromatic rings. The first-order chi connectivity index (χ1) is 18.2. The lowest BCUT2D eigenvalue weighted by molar-refractivity contribution is -0.143. The number of aryl methyl sites for hydroxylation is 1. The largest absolute Gasteiger partial charge is 0.299 e. The summed E-state index contributed by atoms with van der Waals surface area (Å²) in [4.78, 5) is 42.8. The van der Waals surface area contributed by atoms with Gasteiger partial charge in [0.25, 0.3) is 0 Å². The molecule has 2 amide bonds. The molecule has 6 rings (SSSR count). The van der Waals surface area contributed by atoms with Gasteiger partial charge in [-0.1, -0.05) is 61.2 Å². The molecule has 7 nitrogen and oxygen atoms in total. The molecule has 2 saturated carbocycles. The molecule has 5 atom stereocenters. The average molecular weight is 555 g/mol. The quantitative estimate of drug-likeness (QED) is 0.518. The van der Waals surface area contributed by atoms with Crippen LogP contribution in [0.5, 0.6) is 0 Å². The van der Waals surface area contributed by atoms with Crippen LogP contribution in [0.25, 0.3) is 0 Å². The maximum atomic E-state index is 14.1. The fourth-order valence-corrected chi connectivity index (χ4v) is 9.40. The molecule has 2 aliphatic heterocycles. The Hall–Kier alpha value is -2.55. The van der Waals surface area contributed by atoms with E-state index in [1.165, 1.54) is 9.21 Å². The standard InChI is InChI=1S/C29H31ClN2O5S/c1-17-7-5-6-10-24(17)38(36,37)31-16-22-25-21(28(34)32(29(25)35)20-8-3-2-4-9-20)15-23(33)26(22)27(31)18-11-13-19(30)14-12-18/h5-7,10-14,20-22,25-27H,2-4,8-9,15-16H2,1H3/t21-,22-,25-,26-,27-/m0/s1. The Morgan fingerprint density at radius 2 is 1.55 bits per heavy atom. The second kappa shape index (κ2) is 9.57. The Morgan fingerprint density at radius 1 is 0.868 bits per heavy atom. The van der Waals surface area contributed by atoms with Crippen molar-refractivity contribution in [3.8, 4) is 0 Å². The van der Waals surface area contributed by atoms with E-state index in [1.807, 2.05) is 0 Å². The topological polar surface area (TPSA) is 91.8 Å². The molecule has 2 aromatic carbocycles. The molecule has 0 radical (unpaired) electrons. The van der Waals surface area contributed by atoms with Crippen molar-refractivity contribution >= 4 is 39.2 Å². The fraction of sp³-hybridized carbons (Fsp3) is 0.483. The number of benzene rings is 2. The maximum Gasteiger partial charge on any atom is 0.243 e. The highest BCUT2D eigenvalue weighted by Crippen LogP contribution is 2.55. The number of halogens is 1. The van der Waals surface area contributed by atoms with Gasteiger partial charge in [0, 0.05) is 29.9 Å². The maximum absolute atomic E-state index is 14.1. The van der Waals surface area contributed by atoms with Crippen molar-refractivity contribution in [3.05, 3.63) is 64.7 Å². The van der Waals surface area contributed by atoms with Crippen LogP contribution in [-0.2, 0) is 24.4 Å². The van der Waals surface area contributed by atoms with Crippen LogP contribution >= 0.6 is 11.6 Å². The number of carbonyl (C=O) groups excluding carboxylic acids is 3. The minimum atomic E-state index is -4.01. The van der Waals surface area contributed by atoms with E-state index in [0.717, 1.165) is 32.1 Å². The highest BCUT2D eigenvalue weighted by molar-refractivity contribution is 7.89. The van der Waals surface area contributed by atoms with E-state index in [0.29, 0.717) is 16.1 Å². The summed E-state index contributed by atoms with van der Waals surface area (Å²) in [6, 6.07) is 12.8. The van der Waals surface area contributed by atoms with Gasteiger partial charge in [0.05, 0.1) is 22.8 Å². The zero-order chi connectivity index (χ0) is 26.8. The zero-order valence-corrected chi connectivity index (χ0v) is 22.8. The zero-order valence-electron chi connectivity index (χ0n) is 21.3. The number of sulfonamides is 1. The summed E-state index contributed by atoms with van der Waals surface area (Å²) in [5.41, 5.74) is 1.27. The number of rotatable bonds is 4. The van der Waals surface area contributed by atoms with Gasteiger partial charge in [0.15, 0.2) is 0 Å². The van der Waals surface area contributed by atoms with E-state index in [4.69, 9.17) is 11.6 Å². The number of imide groups is 1. The Labute approximate surface area is 228 Å². The van der Waals surface area contributed by atoms with Gasteiger partial charge in [0.1, 0.15) is 5.78 Å². The summed E-state index contributed by atoms with van der Waals surface area (Å²) in [7, 11) is -4.01. The highest BCUT2D eigenvalue weighted by atomic mass is 35.5. The molecule has 9 heteroatoms. The van der Waals surface area contributed by atoms with Gasteiger partial charge in [0.2, 0.25) is 21.8 Å². The molecule has 2 saturated heterocycles. The van der Waals surface area contributed by atoms with Crippen LogP contribution < -0.4 is 0 Å². The minimum absolute atomic E-state index is 0.0130. The second-order valence-corrected chi connectivity index (χ2v) is 13.5. The molecule has 2 heterocycles. The predicted octanol–water partition coefficient (Wildman–Crippen LogP) is 4.53. The summed E-state index contributed by atoms with van der Waals surface area (Å²) < 4.78 is 29.7. The highest BCUT2D eigenvalue weighted by Gasteiger charge is 2.64. The number of ketones is 1. The molecule has 0 unspecified atom stereocenters. The SMILES string of the molecule is Cc1ccccc1S(=O)(=O)N1C[C@H]2[C@H]3C(=O)N(C4CCCCC4)C(=O)[C@H]3CC(=O)[C@H]2[C@@H]1c1ccc(Cl)cc1. The first-order valence-corrected chi connectivity index (χ1v) is 15.2. The smallest absolute Gasteiger partial charge is 0.243 e. The van der Waals surface area contributed by atoms with E-state index in [2.05, 4.69) is 0 Å².